The van der Waals surface area contributed by atoms with E-state index in [0.29, 0.717) is 10.7 Å². The van der Waals surface area contributed by atoms with Crippen LogP contribution in [-0.2, 0) is 9.59 Å². The highest BCUT2D eigenvalue weighted by atomic mass is 35.5. The van der Waals surface area contributed by atoms with Gasteiger partial charge in [-0.15, -0.1) is 0 Å². The van der Waals surface area contributed by atoms with Gasteiger partial charge in [-0.3, -0.25) is 9.59 Å². The number of nitrogens with one attached hydrogen (secondary N) is 1. The number of carbonyl (C=O) groups excluding carboxylic acids is 1. The maximum absolute atomic E-state index is 12.4. The Morgan fingerprint density at radius 1 is 1.29 bits per heavy atom. The quantitative estimate of drug-likeness (QED) is 0.897. The van der Waals surface area contributed by atoms with Crippen molar-refractivity contribution >= 4 is 34.9 Å². The van der Waals surface area contributed by atoms with Crippen LogP contribution >= 0.6 is 11.6 Å². The van der Waals surface area contributed by atoms with E-state index in [4.69, 9.17) is 16.7 Å². The third-order valence-electron chi connectivity index (χ3n) is 4.07. The number of nitrogens with zero attached hydrogens (tertiary/aromatic N) is 1. The van der Waals surface area contributed by atoms with Gasteiger partial charge in [0.05, 0.1) is 23.2 Å². The highest BCUT2D eigenvalue weighted by Gasteiger charge is 2.65. The lowest BCUT2D eigenvalue weighted by atomic mass is 10.1. The molecule has 0 saturated heterocycles. The molecule has 114 valence electrons. The molecular weight excluding hydrogens is 292 g/mol. The number of hydrogen-bond acceptors (Lipinski definition) is 3. The van der Waals surface area contributed by atoms with E-state index in [0.717, 1.165) is 5.69 Å². The van der Waals surface area contributed by atoms with E-state index in [-0.39, 0.29) is 5.91 Å². The Labute approximate surface area is 128 Å². The molecule has 1 fully saturated rings. The maximum Gasteiger partial charge on any atom is 0.307 e. The minimum absolute atomic E-state index is 0.280. The first-order chi connectivity index (χ1) is 9.66. The van der Waals surface area contributed by atoms with Gasteiger partial charge in [-0.1, -0.05) is 25.4 Å². The zero-order chi connectivity index (χ0) is 15.9. The lowest BCUT2D eigenvalue weighted by molar-refractivity contribution is -0.140. The summed E-state index contributed by atoms with van der Waals surface area (Å²) in [4.78, 5) is 25.4. The number of carboxylic acids is 1. The summed E-state index contributed by atoms with van der Waals surface area (Å²) >= 11 is 5.97. The standard InChI is InChI=1S/C15H19ClN2O3/c1-15(2)11(12(15)14(20)21)13(19)17-9-7-8(16)5-6-10(9)18(3)4/h5-7,11-12H,1-4H3,(H,17,19)(H,20,21)/t11-,12+/m1/s1. The second kappa shape index (κ2) is 5.22. The summed E-state index contributed by atoms with van der Waals surface area (Å²) in [5, 5.41) is 12.5. The molecule has 21 heavy (non-hydrogen) atoms. The fraction of sp³-hybridized carbons (Fsp3) is 0.467. The molecular formula is C15H19ClN2O3. The van der Waals surface area contributed by atoms with Crippen LogP contribution in [0.4, 0.5) is 11.4 Å². The van der Waals surface area contributed by atoms with Gasteiger partial charge in [0.15, 0.2) is 0 Å². The molecule has 1 aliphatic carbocycles. The Hall–Kier alpha value is -1.75. The van der Waals surface area contributed by atoms with Crippen LogP contribution in [0.15, 0.2) is 18.2 Å². The molecule has 1 amide bonds. The molecule has 2 atom stereocenters. The van der Waals surface area contributed by atoms with Gasteiger partial charge in [-0.2, -0.15) is 0 Å². The van der Waals surface area contributed by atoms with Crippen LogP contribution in [-0.4, -0.2) is 31.1 Å². The molecule has 5 nitrogen and oxygen atoms in total. The molecule has 0 aliphatic heterocycles. The van der Waals surface area contributed by atoms with E-state index >= 15 is 0 Å². The van der Waals surface area contributed by atoms with Gasteiger partial charge in [0.2, 0.25) is 5.91 Å². The van der Waals surface area contributed by atoms with E-state index in [1.807, 2.05) is 25.1 Å². The van der Waals surface area contributed by atoms with Crippen molar-refractivity contribution in [1.82, 2.24) is 0 Å². The average Bonchev–Trinajstić information content (AvgIpc) is 2.92. The second-order valence-corrected chi connectivity index (χ2v) is 6.60. The maximum atomic E-state index is 12.4. The Morgan fingerprint density at radius 3 is 2.38 bits per heavy atom. The van der Waals surface area contributed by atoms with Crippen LogP contribution in [0.5, 0.6) is 0 Å². The van der Waals surface area contributed by atoms with Crippen molar-refractivity contribution in [1.29, 1.82) is 0 Å². The molecule has 0 heterocycles. The molecule has 0 spiro atoms. The molecule has 6 heteroatoms. The summed E-state index contributed by atoms with van der Waals surface area (Å²) < 4.78 is 0. The van der Waals surface area contributed by atoms with Gasteiger partial charge in [-0.25, -0.2) is 0 Å². The number of anilines is 2. The van der Waals surface area contributed by atoms with E-state index < -0.39 is 23.2 Å². The fourth-order valence-electron chi connectivity index (χ4n) is 2.80. The van der Waals surface area contributed by atoms with E-state index in [9.17, 15) is 9.59 Å². The van der Waals surface area contributed by atoms with Gasteiger partial charge in [-0.05, 0) is 23.6 Å². The van der Waals surface area contributed by atoms with Gasteiger partial charge >= 0.3 is 5.97 Å². The summed E-state index contributed by atoms with van der Waals surface area (Å²) in [6.07, 6.45) is 0. The second-order valence-electron chi connectivity index (χ2n) is 6.16. The summed E-state index contributed by atoms with van der Waals surface area (Å²) in [5.41, 5.74) is 0.884. The Morgan fingerprint density at radius 2 is 1.90 bits per heavy atom. The van der Waals surface area contributed by atoms with Crippen LogP contribution in [0.25, 0.3) is 0 Å². The Kier molecular flexibility index (Phi) is 3.89. The van der Waals surface area contributed by atoms with Crippen LogP contribution < -0.4 is 10.2 Å². The Balaban J connectivity index is 2.22. The van der Waals surface area contributed by atoms with Crippen LogP contribution in [0.3, 0.4) is 0 Å². The molecule has 1 aromatic rings. The van der Waals surface area contributed by atoms with Gasteiger partial charge in [0.1, 0.15) is 0 Å². The number of amides is 1. The molecule has 0 bridgehead atoms. The lowest BCUT2D eigenvalue weighted by Crippen LogP contribution is -2.20. The summed E-state index contributed by atoms with van der Waals surface area (Å²) in [6.45, 7) is 3.59. The first-order valence-corrected chi connectivity index (χ1v) is 7.04. The number of hydrogen-bond donors (Lipinski definition) is 2. The first-order valence-electron chi connectivity index (χ1n) is 6.66. The van der Waals surface area contributed by atoms with Gasteiger partial charge in [0.25, 0.3) is 0 Å². The topological polar surface area (TPSA) is 69.6 Å². The molecule has 1 aromatic carbocycles. The lowest BCUT2D eigenvalue weighted by Gasteiger charge is -2.18. The molecule has 2 N–H and O–H groups in total. The predicted molar refractivity (Wildman–Crippen MR) is 82.8 cm³/mol. The van der Waals surface area contributed by atoms with Crippen molar-refractivity contribution in [3.8, 4) is 0 Å². The molecule has 1 aliphatic rings. The molecule has 2 rings (SSSR count). The number of halogens is 1. The van der Waals surface area contributed by atoms with Crippen molar-refractivity contribution in [3.05, 3.63) is 23.2 Å². The fourth-order valence-corrected chi connectivity index (χ4v) is 2.97. The van der Waals surface area contributed by atoms with Crippen LogP contribution in [0.2, 0.25) is 5.02 Å². The molecule has 0 radical (unpaired) electrons. The van der Waals surface area contributed by atoms with Crippen molar-refractivity contribution in [2.75, 3.05) is 24.3 Å². The first kappa shape index (κ1) is 15.6. The van der Waals surface area contributed by atoms with Crippen molar-refractivity contribution < 1.29 is 14.7 Å². The number of rotatable bonds is 4. The summed E-state index contributed by atoms with van der Waals surface area (Å²) in [6, 6.07) is 5.22. The molecule has 1 saturated carbocycles. The van der Waals surface area contributed by atoms with E-state index in [2.05, 4.69) is 5.32 Å². The number of carboxylic acid groups (broad SMARTS) is 1. The number of benzene rings is 1. The largest absolute Gasteiger partial charge is 0.481 e. The van der Waals surface area contributed by atoms with Crippen molar-refractivity contribution in [2.45, 2.75) is 13.8 Å². The molecule has 0 unspecified atom stereocenters. The third-order valence-corrected chi connectivity index (χ3v) is 4.31. The van der Waals surface area contributed by atoms with Gasteiger partial charge < -0.3 is 15.3 Å². The zero-order valence-electron chi connectivity index (χ0n) is 12.5. The van der Waals surface area contributed by atoms with Crippen molar-refractivity contribution in [3.63, 3.8) is 0 Å². The normalized spacial score (nSPS) is 22.5. The number of aliphatic carboxylic acids is 1. The molecule has 0 aromatic heterocycles. The predicted octanol–water partition coefficient (Wildman–Crippen LogP) is 2.70. The minimum atomic E-state index is -0.931. The SMILES string of the molecule is CN(C)c1ccc(Cl)cc1NC(=O)[C@H]1[C@@H](C(=O)O)C1(C)C. The summed E-state index contributed by atoms with van der Waals surface area (Å²) in [5.74, 6) is -2.37. The highest BCUT2D eigenvalue weighted by Crippen LogP contribution is 2.58. The zero-order valence-corrected chi connectivity index (χ0v) is 13.2. The monoisotopic (exact) mass is 310 g/mol. The summed E-state index contributed by atoms with van der Waals surface area (Å²) in [7, 11) is 3.72. The van der Waals surface area contributed by atoms with Crippen LogP contribution in [0.1, 0.15) is 13.8 Å². The average molecular weight is 311 g/mol. The number of carbonyl (C=O) groups is 2. The Bertz CT molecular complexity index is 599. The van der Waals surface area contributed by atoms with E-state index in [1.165, 1.54) is 0 Å². The smallest absolute Gasteiger partial charge is 0.307 e. The van der Waals surface area contributed by atoms with Crippen LogP contribution in [0, 0.1) is 17.3 Å². The van der Waals surface area contributed by atoms with Gasteiger partial charge in [0, 0.05) is 19.1 Å². The van der Waals surface area contributed by atoms with E-state index in [1.54, 1.807) is 26.0 Å². The van der Waals surface area contributed by atoms with Crippen molar-refractivity contribution in [2.24, 2.45) is 17.3 Å². The third kappa shape index (κ3) is 2.83. The highest BCUT2D eigenvalue weighted by molar-refractivity contribution is 6.31. The minimum Gasteiger partial charge on any atom is -0.481 e.